The van der Waals surface area contributed by atoms with Gasteiger partial charge in [0, 0.05) is 51.8 Å². The fourth-order valence-corrected chi connectivity index (χ4v) is 6.06. The fourth-order valence-electron chi connectivity index (χ4n) is 5.81. The molecule has 2 amide bonds. The first-order valence-corrected chi connectivity index (χ1v) is 14.9. The van der Waals surface area contributed by atoms with E-state index in [1.165, 1.54) is 25.1 Å². The van der Waals surface area contributed by atoms with Gasteiger partial charge in [0.15, 0.2) is 36.5 Å². The molecule has 0 bridgehead atoms. The average molecular weight is 665 g/mol. The molecule has 3 aromatic carbocycles. The SMILES string of the molecule is CC(=O)c1cn(CC(=O)N2C[C@H](F)C[C@H]2C(=O)Nc2cccc(-c3cc(F)c(F)cc3Cl)c2F)c2ccc(-c3cc[n+](C)nc3)cc12. The number of likely N-dealkylation sites (tertiary alicyclic amines) is 1. The van der Waals surface area contributed by atoms with E-state index < -0.39 is 41.5 Å². The van der Waals surface area contributed by atoms with Crippen LogP contribution in [-0.4, -0.2) is 50.9 Å². The van der Waals surface area contributed by atoms with Gasteiger partial charge in [-0.3, -0.25) is 14.4 Å². The summed E-state index contributed by atoms with van der Waals surface area (Å²) in [5.41, 5.74) is 1.98. The van der Waals surface area contributed by atoms with Gasteiger partial charge in [-0.1, -0.05) is 34.5 Å². The van der Waals surface area contributed by atoms with E-state index in [0.29, 0.717) is 22.5 Å². The monoisotopic (exact) mass is 664 g/mol. The van der Waals surface area contributed by atoms with Gasteiger partial charge in [-0.2, -0.15) is 0 Å². The second-order valence-electron chi connectivity index (χ2n) is 11.3. The van der Waals surface area contributed by atoms with Gasteiger partial charge >= 0.3 is 0 Å². The van der Waals surface area contributed by atoms with Crippen LogP contribution in [0.25, 0.3) is 33.2 Å². The molecule has 13 heteroatoms. The Morgan fingerprint density at radius 1 is 1.02 bits per heavy atom. The Bertz CT molecular complexity index is 2070. The molecule has 0 radical (unpaired) electrons. The molecule has 2 atom stereocenters. The van der Waals surface area contributed by atoms with Crippen molar-refractivity contribution in [3.8, 4) is 22.3 Å². The zero-order chi connectivity index (χ0) is 33.6. The second kappa shape index (κ2) is 12.6. The van der Waals surface area contributed by atoms with Crippen molar-refractivity contribution in [2.45, 2.75) is 32.1 Å². The Morgan fingerprint density at radius 3 is 2.51 bits per heavy atom. The molecular formula is C34H27ClF4N5O3+. The molecule has 1 fully saturated rings. The lowest BCUT2D eigenvalue weighted by molar-refractivity contribution is -0.730. The molecule has 1 aliphatic heterocycles. The number of nitrogens with zero attached hydrogens (tertiary/aromatic N) is 4. The van der Waals surface area contributed by atoms with Gasteiger partial charge in [-0.15, -0.1) is 0 Å². The highest BCUT2D eigenvalue weighted by Crippen LogP contribution is 2.35. The number of hydrogen-bond donors (Lipinski definition) is 1. The van der Waals surface area contributed by atoms with Gasteiger partial charge in [0.05, 0.1) is 17.3 Å². The molecule has 47 heavy (non-hydrogen) atoms. The highest BCUT2D eigenvalue weighted by molar-refractivity contribution is 6.33. The standard InChI is InChI=1S/C34H26ClF4N5O3/c1-18(45)25-16-43(30-7-6-19(10-24(25)30)20-8-9-42(2)40-14-20)17-32(46)44-15-21(36)11-31(44)34(47)41-29-5-3-4-22(33(29)39)23-12-27(37)28(38)13-26(23)35/h3-10,12-14,16,21,31H,11,15,17H2,1-2H3/p+1/t21-,31+/m1/s1. The van der Waals surface area contributed by atoms with Crippen molar-refractivity contribution in [3.05, 3.63) is 101 Å². The lowest BCUT2D eigenvalue weighted by Crippen LogP contribution is -2.44. The van der Waals surface area contributed by atoms with Gasteiger partial charge in [0.2, 0.25) is 11.8 Å². The minimum atomic E-state index is -1.51. The lowest BCUT2D eigenvalue weighted by atomic mass is 10.0. The highest BCUT2D eigenvalue weighted by Gasteiger charge is 2.40. The maximum atomic E-state index is 15.5. The summed E-state index contributed by atoms with van der Waals surface area (Å²) in [5, 5.41) is 7.03. The number of ketones is 1. The van der Waals surface area contributed by atoms with E-state index in [2.05, 4.69) is 10.4 Å². The number of carbonyl (C=O) groups excluding carboxylic acids is 3. The second-order valence-corrected chi connectivity index (χ2v) is 11.8. The summed E-state index contributed by atoms with van der Waals surface area (Å²) >= 11 is 6.03. The van der Waals surface area contributed by atoms with Crippen molar-refractivity contribution in [3.63, 3.8) is 0 Å². The Hall–Kier alpha value is -5.10. The van der Waals surface area contributed by atoms with E-state index in [1.54, 1.807) is 41.0 Å². The average Bonchev–Trinajstić information content (AvgIpc) is 3.61. The van der Waals surface area contributed by atoms with Crippen LogP contribution in [0.1, 0.15) is 23.7 Å². The predicted octanol–water partition coefficient (Wildman–Crippen LogP) is 6.05. The molecule has 0 saturated carbocycles. The van der Waals surface area contributed by atoms with E-state index in [-0.39, 0.29) is 47.1 Å². The fraction of sp³-hybridized carbons (Fsp3) is 0.206. The maximum absolute atomic E-state index is 15.5. The Kier molecular flexibility index (Phi) is 8.54. The van der Waals surface area contributed by atoms with Crippen molar-refractivity contribution in [2.75, 3.05) is 11.9 Å². The number of aromatic nitrogens is 3. The summed E-state index contributed by atoms with van der Waals surface area (Å²) in [6.45, 7) is 0.771. The summed E-state index contributed by atoms with van der Waals surface area (Å²) in [4.78, 5) is 40.6. The molecule has 3 heterocycles. The zero-order valence-electron chi connectivity index (χ0n) is 25.1. The van der Waals surface area contributed by atoms with E-state index in [1.807, 2.05) is 18.2 Å². The normalized spacial score (nSPS) is 16.1. The number of Topliss-reactive ketones (excluding diaryl/α,β-unsaturated/α-hetero) is 1. The van der Waals surface area contributed by atoms with E-state index in [4.69, 9.17) is 11.6 Å². The van der Waals surface area contributed by atoms with Gasteiger partial charge in [-0.05, 0) is 47.9 Å². The van der Waals surface area contributed by atoms with E-state index >= 15 is 4.39 Å². The quantitative estimate of drug-likeness (QED) is 0.0994. The summed E-state index contributed by atoms with van der Waals surface area (Å²) < 4.78 is 61.0. The van der Waals surface area contributed by atoms with Crippen LogP contribution < -0.4 is 10.00 Å². The Labute approximate surface area is 271 Å². The molecular weight excluding hydrogens is 638 g/mol. The van der Waals surface area contributed by atoms with Gasteiger partial charge in [0.25, 0.3) is 0 Å². The molecule has 0 aliphatic carbocycles. The van der Waals surface area contributed by atoms with Crippen LogP contribution in [0, 0.1) is 17.5 Å². The van der Waals surface area contributed by atoms with Crippen LogP contribution in [-0.2, 0) is 23.2 Å². The molecule has 0 unspecified atom stereocenters. The molecule has 1 aliphatic rings. The topological polar surface area (TPSA) is 88.2 Å². The number of benzene rings is 3. The van der Waals surface area contributed by atoms with Crippen molar-refractivity contribution >= 4 is 45.8 Å². The number of halogens is 5. The number of rotatable bonds is 7. The molecule has 240 valence electrons. The highest BCUT2D eigenvalue weighted by atomic mass is 35.5. The molecule has 6 rings (SSSR count). The summed E-state index contributed by atoms with van der Waals surface area (Å²) in [6.07, 6.45) is 3.22. The zero-order valence-corrected chi connectivity index (χ0v) is 25.9. The van der Waals surface area contributed by atoms with Crippen molar-refractivity contribution in [2.24, 2.45) is 7.05 Å². The van der Waals surface area contributed by atoms with Crippen LogP contribution in [0.5, 0.6) is 0 Å². The third-order valence-corrected chi connectivity index (χ3v) is 8.49. The first kappa shape index (κ1) is 31.9. The minimum absolute atomic E-state index is 0.133. The van der Waals surface area contributed by atoms with Gasteiger partial charge in [-0.25, -0.2) is 17.6 Å². The third-order valence-electron chi connectivity index (χ3n) is 8.18. The first-order chi connectivity index (χ1) is 22.4. The maximum Gasteiger partial charge on any atom is 0.247 e. The Balaban J connectivity index is 1.25. The minimum Gasteiger partial charge on any atom is -0.337 e. The number of fused-ring (bicyclic) bond motifs is 1. The molecule has 8 nitrogen and oxygen atoms in total. The number of anilines is 1. The molecule has 1 saturated heterocycles. The van der Waals surface area contributed by atoms with Crippen molar-refractivity contribution in [1.29, 1.82) is 0 Å². The third kappa shape index (κ3) is 6.20. The predicted molar refractivity (Wildman–Crippen MR) is 167 cm³/mol. The van der Waals surface area contributed by atoms with Gasteiger partial charge in [0.1, 0.15) is 25.0 Å². The van der Waals surface area contributed by atoms with E-state index in [0.717, 1.165) is 22.1 Å². The summed E-state index contributed by atoms with van der Waals surface area (Å²) in [6, 6.07) is 11.4. The number of nitrogens with one attached hydrogen (secondary N) is 1. The largest absolute Gasteiger partial charge is 0.337 e. The number of alkyl halides is 1. The Morgan fingerprint density at radius 2 is 1.79 bits per heavy atom. The summed E-state index contributed by atoms with van der Waals surface area (Å²) in [5.74, 6) is -5.04. The van der Waals surface area contributed by atoms with Gasteiger partial charge < -0.3 is 14.8 Å². The number of hydrogen-bond acceptors (Lipinski definition) is 4. The van der Waals surface area contributed by atoms with E-state index in [9.17, 15) is 27.6 Å². The molecule has 1 N–H and O–H groups in total. The smallest absolute Gasteiger partial charge is 0.247 e. The first-order valence-electron chi connectivity index (χ1n) is 14.5. The number of carbonyl (C=O) groups is 3. The van der Waals surface area contributed by atoms with Crippen LogP contribution in [0.2, 0.25) is 5.02 Å². The molecule has 0 spiro atoms. The van der Waals surface area contributed by atoms with Crippen molar-refractivity contribution < 1.29 is 36.6 Å². The molecule has 2 aromatic heterocycles. The van der Waals surface area contributed by atoms with Crippen LogP contribution in [0.4, 0.5) is 23.2 Å². The van der Waals surface area contributed by atoms with Crippen LogP contribution >= 0.6 is 11.6 Å². The number of amides is 2. The van der Waals surface area contributed by atoms with Crippen LogP contribution in [0.3, 0.4) is 0 Å². The molecule has 5 aromatic rings. The van der Waals surface area contributed by atoms with Crippen LogP contribution in [0.15, 0.2) is 73.2 Å². The number of aryl methyl sites for hydroxylation is 1. The summed E-state index contributed by atoms with van der Waals surface area (Å²) in [7, 11) is 1.79. The van der Waals surface area contributed by atoms with Crippen molar-refractivity contribution in [1.82, 2.24) is 14.6 Å². The lowest BCUT2D eigenvalue weighted by Gasteiger charge is -2.24.